The number of nitrogens with zero attached hydrogens (tertiary/aromatic N) is 3. The van der Waals surface area contributed by atoms with E-state index in [-0.39, 0.29) is 5.41 Å². The van der Waals surface area contributed by atoms with Crippen molar-refractivity contribution in [2.75, 3.05) is 30.4 Å². The molecule has 1 aliphatic heterocycles. The highest BCUT2D eigenvalue weighted by Crippen LogP contribution is 2.31. The Kier molecular flexibility index (Phi) is 4.53. The molecule has 4 nitrogen and oxygen atoms in total. The lowest BCUT2D eigenvalue weighted by atomic mass is 9.92. The molecule has 0 amide bonds. The molecule has 1 aromatic rings. The van der Waals surface area contributed by atoms with E-state index in [9.17, 15) is 0 Å². The summed E-state index contributed by atoms with van der Waals surface area (Å²) in [6.45, 7) is 8.77. The third-order valence-electron chi connectivity index (χ3n) is 3.43. The lowest BCUT2D eigenvalue weighted by Gasteiger charge is -2.29. The summed E-state index contributed by atoms with van der Waals surface area (Å²) < 4.78 is 1.13. The Labute approximate surface area is 129 Å². The second-order valence-corrected chi connectivity index (χ2v) is 7.16. The van der Waals surface area contributed by atoms with Crippen LogP contribution in [0.5, 0.6) is 0 Å². The third-order valence-corrected chi connectivity index (χ3v) is 4.45. The first-order valence-corrected chi connectivity index (χ1v) is 8.02. The lowest BCUT2D eigenvalue weighted by Crippen LogP contribution is -2.32. The van der Waals surface area contributed by atoms with E-state index >= 15 is 0 Å². The summed E-state index contributed by atoms with van der Waals surface area (Å²) in [6, 6.07) is 0. The molecular formula is C14H23IN4. The number of aromatic nitrogens is 2. The second kappa shape index (κ2) is 5.81. The molecule has 2 heterocycles. The minimum absolute atomic E-state index is 0.0373. The molecule has 106 valence electrons. The Hall–Kier alpha value is -0.590. The highest BCUT2D eigenvalue weighted by molar-refractivity contribution is 14.1. The number of anilines is 2. The first kappa shape index (κ1) is 14.8. The van der Waals surface area contributed by atoms with Crippen molar-refractivity contribution < 1.29 is 0 Å². The van der Waals surface area contributed by atoms with Gasteiger partial charge in [-0.25, -0.2) is 4.98 Å². The fraction of sp³-hybridized carbons (Fsp3) is 0.714. The highest BCUT2D eigenvalue weighted by atomic mass is 127. The average molecular weight is 374 g/mol. The minimum atomic E-state index is 0.0373. The van der Waals surface area contributed by atoms with Crippen molar-refractivity contribution in [3.63, 3.8) is 0 Å². The van der Waals surface area contributed by atoms with Crippen LogP contribution < -0.4 is 10.2 Å². The van der Waals surface area contributed by atoms with Crippen molar-refractivity contribution in [1.82, 2.24) is 9.97 Å². The summed E-state index contributed by atoms with van der Waals surface area (Å²) in [4.78, 5) is 11.8. The van der Waals surface area contributed by atoms with Crippen molar-refractivity contribution in [2.45, 2.75) is 45.4 Å². The number of piperidine rings is 1. The molecule has 0 atom stereocenters. The van der Waals surface area contributed by atoms with E-state index in [1.54, 1.807) is 0 Å². The van der Waals surface area contributed by atoms with Crippen LogP contribution >= 0.6 is 22.6 Å². The Morgan fingerprint density at radius 1 is 1.11 bits per heavy atom. The molecule has 0 spiro atoms. The summed E-state index contributed by atoms with van der Waals surface area (Å²) >= 11 is 2.35. The average Bonchev–Trinajstić information content (AvgIpc) is 2.38. The van der Waals surface area contributed by atoms with Gasteiger partial charge < -0.3 is 10.2 Å². The van der Waals surface area contributed by atoms with Crippen LogP contribution in [0.25, 0.3) is 0 Å². The topological polar surface area (TPSA) is 41.1 Å². The van der Waals surface area contributed by atoms with Gasteiger partial charge in [0.25, 0.3) is 0 Å². The van der Waals surface area contributed by atoms with Crippen LogP contribution in [0.1, 0.15) is 45.7 Å². The zero-order valence-electron chi connectivity index (χ0n) is 12.3. The van der Waals surface area contributed by atoms with Crippen LogP contribution in [0.15, 0.2) is 0 Å². The predicted molar refractivity (Wildman–Crippen MR) is 89.1 cm³/mol. The third kappa shape index (κ3) is 3.30. The standard InChI is InChI=1S/C14H23IN4/c1-14(2,3)11-10(15)12(16-4)18-13(17-11)19-8-6-5-7-9-19/h5-9H2,1-4H3,(H,16,17,18). The summed E-state index contributed by atoms with van der Waals surface area (Å²) in [7, 11) is 1.93. The molecule has 1 aromatic heterocycles. The van der Waals surface area contributed by atoms with Gasteiger partial charge in [-0.3, -0.25) is 0 Å². The van der Waals surface area contributed by atoms with Crippen molar-refractivity contribution in [3.8, 4) is 0 Å². The van der Waals surface area contributed by atoms with E-state index < -0.39 is 0 Å². The SMILES string of the molecule is CNc1nc(N2CCCCC2)nc(C(C)(C)C)c1I. The zero-order valence-corrected chi connectivity index (χ0v) is 14.4. The molecule has 0 unspecified atom stereocenters. The molecule has 5 heteroatoms. The Morgan fingerprint density at radius 3 is 2.26 bits per heavy atom. The van der Waals surface area contributed by atoms with E-state index in [0.29, 0.717) is 0 Å². The molecule has 1 saturated heterocycles. The van der Waals surface area contributed by atoms with Crippen LogP contribution in [-0.4, -0.2) is 30.1 Å². The molecule has 1 fully saturated rings. The first-order chi connectivity index (χ1) is 8.93. The maximum absolute atomic E-state index is 4.84. The van der Waals surface area contributed by atoms with Crippen LogP contribution in [0, 0.1) is 3.57 Å². The Bertz CT molecular complexity index is 447. The monoisotopic (exact) mass is 374 g/mol. The van der Waals surface area contributed by atoms with Crippen molar-refractivity contribution in [2.24, 2.45) is 0 Å². The van der Waals surface area contributed by atoms with Crippen molar-refractivity contribution in [1.29, 1.82) is 0 Å². The molecule has 0 aliphatic carbocycles. The van der Waals surface area contributed by atoms with Crippen LogP contribution in [0.2, 0.25) is 0 Å². The molecule has 0 radical (unpaired) electrons. The van der Waals surface area contributed by atoms with E-state index in [1.807, 2.05) is 7.05 Å². The van der Waals surface area contributed by atoms with Crippen LogP contribution in [0.4, 0.5) is 11.8 Å². The van der Waals surface area contributed by atoms with Gasteiger partial charge in [-0.1, -0.05) is 20.8 Å². The molecular weight excluding hydrogens is 351 g/mol. The highest BCUT2D eigenvalue weighted by Gasteiger charge is 2.25. The van der Waals surface area contributed by atoms with E-state index in [1.165, 1.54) is 19.3 Å². The molecule has 0 saturated carbocycles. The quantitative estimate of drug-likeness (QED) is 0.806. The first-order valence-electron chi connectivity index (χ1n) is 6.94. The normalized spacial score (nSPS) is 16.6. The van der Waals surface area contributed by atoms with Gasteiger partial charge in [0.1, 0.15) is 5.82 Å². The van der Waals surface area contributed by atoms with Crippen LogP contribution in [-0.2, 0) is 5.41 Å². The summed E-state index contributed by atoms with van der Waals surface area (Å²) in [5.41, 5.74) is 1.17. The maximum Gasteiger partial charge on any atom is 0.227 e. The van der Waals surface area contributed by atoms with Gasteiger partial charge in [0, 0.05) is 25.6 Å². The van der Waals surface area contributed by atoms with Crippen molar-refractivity contribution in [3.05, 3.63) is 9.26 Å². The smallest absolute Gasteiger partial charge is 0.227 e. The van der Waals surface area contributed by atoms with E-state index in [0.717, 1.165) is 34.1 Å². The number of rotatable bonds is 2. The Balaban J connectivity index is 2.44. The van der Waals surface area contributed by atoms with Gasteiger partial charge in [0.15, 0.2) is 0 Å². The van der Waals surface area contributed by atoms with Crippen molar-refractivity contribution >= 4 is 34.4 Å². The Morgan fingerprint density at radius 2 is 1.74 bits per heavy atom. The van der Waals surface area contributed by atoms with E-state index in [4.69, 9.17) is 4.98 Å². The number of halogens is 1. The second-order valence-electron chi connectivity index (χ2n) is 6.08. The minimum Gasteiger partial charge on any atom is -0.372 e. The predicted octanol–water partition coefficient (Wildman–Crippen LogP) is 3.41. The summed E-state index contributed by atoms with van der Waals surface area (Å²) in [5, 5.41) is 3.20. The molecule has 1 N–H and O–H groups in total. The zero-order chi connectivity index (χ0) is 14.0. The van der Waals surface area contributed by atoms with Gasteiger partial charge in [-0.15, -0.1) is 0 Å². The fourth-order valence-electron chi connectivity index (χ4n) is 2.33. The van der Waals surface area contributed by atoms with Gasteiger partial charge in [0.2, 0.25) is 5.95 Å². The van der Waals surface area contributed by atoms with Gasteiger partial charge >= 0.3 is 0 Å². The number of hydrogen-bond acceptors (Lipinski definition) is 4. The molecule has 19 heavy (non-hydrogen) atoms. The fourth-order valence-corrected chi connectivity index (χ4v) is 3.65. The van der Waals surface area contributed by atoms with Crippen LogP contribution in [0.3, 0.4) is 0 Å². The van der Waals surface area contributed by atoms with Gasteiger partial charge in [0.05, 0.1) is 9.26 Å². The molecule has 0 aromatic carbocycles. The largest absolute Gasteiger partial charge is 0.372 e. The van der Waals surface area contributed by atoms with E-state index in [2.05, 4.69) is 58.6 Å². The summed E-state index contributed by atoms with van der Waals surface area (Å²) in [6.07, 6.45) is 3.82. The lowest BCUT2D eigenvalue weighted by molar-refractivity contribution is 0.545. The maximum atomic E-state index is 4.84. The molecule has 2 rings (SSSR count). The molecule has 1 aliphatic rings. The number of hydrogen-bond donors (Lipinski definition) is 1. The molecule has 0 bridgehead atoms. The van der Waals surface area contributed by atoms with Gasteiger partial charge in [-0.05, 0) is 41.9 Å². The number of nitrogens with one attached hydrogen (secondary N) is 1. The van der Waals surface area contributed by atoms with Gasteiger partial charge in [-0.2, -0.15) is 4.98 Å². The summed E-state index contributed by atoms with van der Waals surface area (Å²) in [5.74, 6) is 1.83.